The van der Waals surface area contributed by atoms with E-state index in [1.807, 2.05) is 23.1 Å². The van der Waals surface area contributed by atoms with Gasteiger partial charge in [-0.25, -0.2) is 0 Å². The molecule has 2 rings (SSSR count). The Balaban J connectivity index is 2.12. The van der Waals surface area contributed by atoms with Crippen LogP contribution in [0.2, 0.25) is 0 Å². The van der Waals surface area contributed by atoms with Crippen molar-refractivity contribution in [3.8, 4) is 0 Å². The Bertz CT molecular complexity index is 415. The summed E-state index contributed by atoms with van der Waals surface area (Å²) in [5.74, 6) is 0.112. The van der Waals surface area contributed by atoms with E-state index < -0.39 is 0 Å². The first-order chi connectivity index (χ1) is 8.24. The molecule has 17 heavy (non-hydrogen) atoms. The summed E-state index contributed by atoms with van der Waals surface area (Å²) in [4.78, 5) is 14.2. The molecule has 0 saturated heterocycles. The van der Waals surface area contributed by atoms with Crippen molar-refractivity contribution in [2.75, 3.05) is 18.8 Å². The van der Waals surface area contributed by atoms with E-state index in [0.29, 0.717) is 5.69 Å². The highest BCUT2D eigenvalue weighted by molar-refractivity contribution is 6.01. The molecule has 0 unspecified atom stereocenters. The van der Waals surface area contributed by atoms with Gasteiger partial charge in [0.05, 0.1) is 5.56 Å². The Morgan fingerprint density at radius 3 is 2.94 bits per heavy atom. The molecule has 1 heterocycles. The van der Waals surface area contributed by atoms with E-state index in [1.165, 1.54) is 12.8 Å². The van der Waals surface area contributed by atoms with Gasteiger partial charge in [0, 0.05) is 18.8 Å². The molecule has 1 aromatic rings. The third-order valence-electron chi connectivity index (χ3n) is 3.37. The average molecular weight is 232 g/mol. The lowest BCUT2D eigenvalue weighted by Gasteiger charge is -2.29. The van der Waals surface area contributed by atoms with Crippen LogP contribution < -0.4 is 5.73 Å². The zero-order valence-electron chi connectivity index (χ0n) is 10.4. The maximum atomic E-state index is 12.3. The number of amides is 1. The van der Waals surface area contributed by atoms with E-state index in [2.05, 4.69) is 6.92 Å². The summed E-state index contributed by atoms with van der Waals surface area (Å²) >= 11 is 0. The molecule has 1 amide bonds. The summed E-state index contributed by atoms with van der Waals surface area (Å²) in [5.41, 5.74) is 8.35. The van der Waals surface area contributed by atoms with Crippen molar-refractivity contribution in [1.82, 2.24) is 4.90 Å². The summed E-state index contributed by atoms with van der Waals surface area (Å²) in [6.45, 7) is 3.87. The summed E-state index contributed by atoms with van der Waals surface area (Å²) < 4.78 is 0. The highest BCUT2D eigenvalue weighted by Crippen LogP contribution is 2.24. The first-order valence-electron chi connectivity index (χ1n) is 6.40. The van der Waals surface area contributed by atoms with E-state index in [1.54, 1.807) is 0 Å². The van der Waals surface area contributed by atoms with Crippen LogP contribution in [0.5, 0.6) is 0 Å². The minimum absolute atomic E-state index is 0.112. The molecule has 0 fully saturated rings. The van der Waals surface area contributed by atoms with Crippen molar-refractivity contribution < 1.29 is 4.79 Å². The molecule has 0 atom stereocenters. The van der Waals surface area contributed by atoms with Crippen molar-refractivity contribution in [3.05, 3.63) is 29.3 Å². The lowest BCUT2D eigenvalue weighted by atomic mass is 9.97. The van der Waals surface area contributed by atoms with Crippen LogP contribution in [0.3, 0.4) is 0 Å². The van der Waals surface area contributed by atoms with Crippen molar-refractivity contribution in [2.24, 2.45) is 0 Å². The molecule has 0 spiro atoms. The van der Waals surface area contributed by atoms with E-state index in [9.17, 15) is 4.79 Å². The van der Waals surface area contributed by atoms with Crippen LogP contribution in [0.4, 0.5) is 5.69 Å². The number of carbonyl (C=O) groups is 1. The predicted octanol–water partition coefficient (Wildman–Crippen LogP) is 2.46. The minimum Gasteiger partial charge on any atom is -0.398 e. The van der Waals surface area contributed by atoms with E-state index >= 15 is 0 Å². The highest BCUT2D eigenvalue weighted by atomic mass is 16.2. The molecule has 1 aromatic carbocycles. The molecule has 0 radical (unpaired) electrons. The van der Waals surface area contributed by atoms with Crippen molar-refractivity contribution in [1.29, 1.82) is 0 Å². The van der Waals surface area contributed by atoms with Crippen LogP contribution in [0.25, 0.3) is 0 Å². The molecule has 2 N–H and O–H groups in total. The second kappa shape index (κ2) is 5.21. The number of hydrogen-bond acceptors (Lipinski definition) is 2. The number of hydrogen-bond donors (Lipinski definition) is 1. The summed E-state index contributed by atoms with van der Waals surface area (Å²) in [5, 5.41) is 0. The standard InChI is InChI=1S/C14H20N2O/c1-2-3-4-9-16-10-8-11-6-5-7-12(15)13(11)14(16)17/h5-7H,2-4,8-10,15H2,1H3. The predicted molar refractivity (Wildman–Crippen MR) is 70.0 cm³/mol. The number of rotatable bonds is 4. The second-order valence-electron chi connectivity index (χ2n) is 4.63. The number of unbranched alkanes of at least 4 members (excludes halogenated alkanes) is 2. The Kier molecular flexibility index (Phi) is 3.67. The number of benzene rings is 1. The lowest BCUT2D eigenvalue weighted by molar-refractivity contribution is 0.0738. The van der Waals surface area contributed by atoms with Crippen LogP contribution in [0.1, 0.15) is 42.1 Å². The third kappa shape index (κ3) is 2.43. The van der Waals surface area contributed by atoms with Crippen LogP contribution >= 0.6 is 0 Å². The van der Waals surface area contributed by atoms with Crippen molar-refractivity contribution in [3.63, 3.8) is 0 Å². The quantitative estimate of drug-likeness (QED) is 0.640. The Morgan fingerprint density at radius 1 is 1.35 bits per heavy atom. The van der Waals surface area contributed by atoms with Gasteiger partial charge in [-0.2, -0.15) is 0 Å². The smallest absolute Gasteiger partial charge is 0.256 e. The van der Waals surface area contributed by atoms with E-state index in [-0.39, 0.29) is 5.91 Å². The van der Waals surface area contributed by atoms with Crippen LogP contribution in [0.15, 0.2) is 18.2 Å². The van der Waals surface area contributed by atoms with Crippen LogP contribution in [0, 0.1) is 0 Å². The minimum atomic E-state index is 0.112. The SMILES string of the molecule is CCCCCN1CCc2cccc(N)c2C1=O. The lowest BCUT2D eigenvalue weighted by Crippen LogP contribution is -2.38. The summed E-state index contributed by atoms with van der Waals surface area (Å²) in [7, 11) is 0. The molecular weight excluding hydrogens is 212 g/mol. The average Bonchev–Trinajstić information content (AvgIpc) is 2.32. The van der Waals surface area contributed by atoms with E-state index in [4.69, 9.17) is 5.73 Å². The topological polar surface area (TPSA) is 46.3 Å². The van der Waals surface area contributed by atoms with Crippen LogP contribution in [-0.2, 0) is 6.42 Å². The maximum absolute atomic E-state index is 12.3. The largest absolute Gasteiger partial charge is 0.398 e. The molecule has 0 aromatic heterocycles. The molecule has 0 aliphatic carbocycles. The molecule has 0 bridgehead atoms. The van der Waals surface area contributed by atoms with Gasteiger partial charge in [0.2, 0.25) is 0 Å². The van der Waals surface area contributed by atoms with Gasteiger partial charge in [-0.15, -0.1) is 0 Å². The van der Waals surface area contributed by atoms with Gasteiger partial charge in [0.1, 0.15) is 0 Å². The molecular formula is C14H20N2O. The van der Waals surface area contributed by atoms with Gasteiger partial charge in [0.15, 0.2) is 0 Å². The van der Waals surface area contributed by atoms with Gasteiger partial charge in [-0.05, 0) is 24.5 Å². The Labute approximate surface area is 103 Å². The first-order valence-corrected chi connectivity index (χ1v) is 6.40. The second-order valence-corrected chi connectivity index (χ2v) is 4.63. The van der Waals surface area contributed by atoms with Gasteiger partial charge >= 0.3 is 0 Å². The fraction of sp³-hybridized carbons (Fsp3) is 0.500. The molecule has 3 nitrogen and oxygen atoms in total. The first kappa shape index (κ1) is 12.0. The fourth-order valence-corrected chi connectivity index (χ4v) is 2.37. The summed E-state index contributed by atoms with van der Waals surface area (Å²) in [6, 6.07) is 5.74. The van der Waals surface area contributed by atoms with Crippen molar-refractivity contribution >= 4 is 11.6 Å². The number of anilines is 1. The van der Waals surface area contributed by atoms with E-state index in [0.717, 1.165) is 37.1 Å². The molecule has 1 aliphatic rings. The number of nitrogen functional groups attached to an aromatic ring is 1. The van der Waals surface area contributed by atoms with Crippen LogP contribution in [-0.4, -0.2) is 23.9 Å². The number of nitrogens with zero attached hydrogens (tertiary/aromatic N) is 1. The van der Waals surface area contributed by atoms with Gasteiger partial charge in [-0.1, -0.05) is 31.9 Å². The third-order valence-corrected chi connectivity index (χ3v) is 3.37. The van der Waals surface area contributed by atoms with Gasteiger partial charge in [0.25, 0.3) is 5.91 Å². The number of nitrogens with two attached hydrogens (primary N) is 1. The number of fused-ring (bicyclic) bond motifs is 1. The normalized spacial score (nSPS) is 14.9. The van der Waals surface area contributed by atoms with Gasteiger partial charge in [-0.3, -0.25) is 4.79 Å². The summed E-state index contributed by atoms with van der Waals surface area (Å²) in [6.07, 6.45) is 4.38. The van der Waals surface area contributed by atoms with Crippen molar-refractivity contribution in [2.45, 2.75) is 32.6 Å². The monoisotopic (exact) mass is 232 g/mol. The Morgan fingerprint density at radius 2 is 2.18 bits per heavy atom. The molecule has 3 heteroatoms. The highest BCUT2D eigenvalue weighted by Gasteiger charge is 2.25. The zero-order chi connectivity index (χ0) is 12.3. The maximum Gasteiger partial charge on any atom is 0.256 e. The molecule has 0 saturated carbocycles. The fourth-order valence-electron chi connectivity index (χ4n) is 2.37. The molecule has 92 valence electrons. The zero-order valence-corrected chi connectivity index (χ0v) is 10.4. The Hall–Kier alpha value is -1.51. The number of carbonyl (C=O) groups excluding carboxylic acids is 1. The molecule has 1 aliphatic heterocycles. The van der Waals surface area contributed by atoms with Gasteiger partial charge < -0.3 is 10.6 Å².